The van der Waals surface area contributed by atoms with Crippen LogP contribution in [0.2, 0.25) is 0 Å². The lowest BCUT2D eigenvalue weighted by atomic mass is 10.1. The molecule has 3 aliphatic rings. The normalized spacial score (nSPS) is 22.5. The van der Waals surface area contributed by atoms with Gasteiger partial charge in [-0.1, -0.05) is 0 Å². The van der Waals surface area contributed by atoms with E-state index in [0.717, 1.165) is 6.54 Å². The van der Waals surface area contributed by atoms with Crippen LogP contribution in [-0.2, 0) is 4.79 Å². The topological polar surface area (TPSA) is 104 Å². The molecule has 11 heteroatoms. The Bertz CT molecular complexity index is 1050. The van der Waals surface area contributed by atoms with Crippen molar-refractivity contribution in [2.24, 2.45) is 5.92 Å². The number of imide groups is 1. The van der Waals surface area contributed by atoms with E-state index in [1.54, 1.807) is 10.7 Å². The van der Waals surface area contributed by atoms with E-state index in [0.29, 0.717) is 28.8 Å². The number of fused-ring (bicyclic) bond motifs is 1. The molecular weight excluding hydrogens is 396 g/mol. The molecule has 2 aliphatic heterocycles. The van der Waals surface area contributed by atoms with Gasteiger partial charge in [-0.2, -0.15) is 9.61 Å². The van der Waals surface area contributed by atoms with Crippen LogP contribution in [0.5, 0.6) is 0 Å². The van der Waals surface area contributed by atoms with Crippen LogP contribution < -0.4 is 20.9 Å². The Morgan fingerprint density at radius 2 is 2.00 bits per heavy atom. The van der Waals surface area contributed by atoms with Gasteiger partial charge in [0.15, 0.2) is 5.65 Å². The minimum absolute atomic E-state index is 0.104. The summed E-state index contributed by atoms with van der Waals surface area (Å²) >= 11 is 0. The first-order valence-corrected chi connectivity index (χ1v) is 9.97. The van der Waals surface area contributed by atoms with Gasteiger partial charge < -0.3 is 15.5 Å². The summed E-state index contributed by atoms with van der Waals surface area (Å²) in [4.78, 5) is 29.7. The van der Waals surface area contributed by atoms with Crippen LogP contribution in [0.25, 0.3) is 11.7 Å². The number of piperidine rings is 1. The second kappa shape index (κ2) is 6.92. The van der Waals surface area contributed by atoms with Gasteiger partial charge in [0.25, 0.3) is 11.8 Å². The molecule has 0 radical (unpaired) electrons. The summed E-state index contributed by atoms with van der Waals surface area (Å²) < 4.78 is 28.8. The van der Waals surface area contributed by atoms with Crippen LogP contribution in [0.3, 0.4) is 0 Å². The van der Waals surface area contributed by atoms with Crippen molar-refractivity contribution in [3.63, 3.8) is 0 Å². The maximum atomic E-state index is 13.6. The van der Waals surface area contributed by atoms with E-state index in [2.05, 4.69) is 26.0 Å². The first-order valence-electron chi connectivity index (χ1n) is 9.97. The fraction of sp³-hybridized carbons (Fsp3) is 0.474. The number of rotatable bonds is 5. The maximum Gasteiger partial charge on any atom is 0.326 e. The fourth-order valence-corrected chi connectivity index (χ4v) is 3.63. The highest BCUT2D eigenvalue weighted by Crippen LogP contribution is 2.32. The summed E-state index contributed by atoms with van der Waals surface area (Å²) in [5.41, 5.74) is 1.12. The van der Waals surface area contributed by atoms with E-state index in [1.807, 2.05) is 11.0 Å². The van der Waals surface area contributed by atoms with Gasteiger partial charge in [0.2, 0.25) is 0 Å². The summed E-state index contributed by atoms with van der Waals surface area (Å²) in [6.07, 6.45) is 5.00. The number of carbonyl (C=O) groups is 2. The third-order valence-electron chi connectivity index (χ3n) is 5.59. The highest BCUT2D eigenvalue weighted by atomic mass is 19.3. The highest BCUT2D eigenvalue weighted by molar-refractivity contribution is 6.14. The highest BCUT2D eigenvalue weighted by Gasteiger charge is 2.35. The van der Waals surface area contributed by atoms with Crippen molar-refractivity contribution in [1.82, 2.24) is 25.2 Å². The van der Waals surface area contributed by atoms with Gasteiger partial charge in [-0.25, -0.2) is 18.6 Å². The van der Waals surface area contributed by atoms with Crippen molar-refractivity contribution in [3.05, 3.63) is 23.5 Å². The smallest absolute Gasteiger partial charge is 0.326 e. The van der Waals surface area contributed by atoms with Crippen LogP contribution in [-0.4, -0.2) is 52.1 Å². The lowest BCUT2D eigenvalue weighted by Gasteiger charge is -2.32. The van der Waals surface area contributed by atoms with Crippen LogP contribution in [0.4, 0.5) is 25.2 Å². The average Bonchev–Trinajstić information content (AvgIpc) is 3.36. The molecule has 3 fully saturated rings. The van der Waals surface area contributed by atoms with Crippen LogP contribution in [0.15, 0.2) is 18.0 Å². The molecule has 0 aromatic carbocycles. The Labute approximate surface area is 170 Å². The minimum atomic E-state index is -2.64. The van der Waals surface area contributed by atoms with E-state index in [1.165, 1.54) is 18.9 Å². The lowest BCUT2D eigenvalue weighted by Crippen LogP contribution is -2.39. The molecule has 0 bridgehead atoms. The molecule has 9 nitrogen and oxygen atoms in total. The van der Waals surface area contributed by atoms with E-state index in [9.17, 15) is 18.4 Å². The van der Waals surface area contributed by atoms with Gasteiger partial charge in [-0.15, -0.1) is 0 Å². The SMILES string of the molecule is O=C1NC(=O)/C(=C/c2cnn3c(NCC4CC4)cc(N4CCC(F)(F)CC4)nc23)N1. The number of anilines is 2. The quantitative estimate of drug-likeness (QED) is 0.508. The fourth-order valence-electron chi connectivity index (χ4n) is 3.63. The molecule has 1 saturated carbocycles. The molecule has 0 unspecified atom stereocenters. The van der Waals surface area contributed by atoms with E-state index < -0.39 is 17.9 Å². The first-order chi connectivity index (χ1) is 14.4. The third kappa shape index (κ3) is 3.66. The molecule has 2 saturated heterocycles. The van der Waals surface area contributed by atoms with Gasteiger partial charge in [0, 0.05) is 44.1 Å². The Hall–Kier alpha value is -3.24. The maximum absolute atomic E-state index is 13.6. The summed E-state index contributed by atoms with van der Waals surface area (Å²) in [5, 5.41) is 12.4. The van der Waals surface area contributed by atoms with Crippen molar-refractivity contribution in [1.29, 1.82) is 0 Å². The predicted molar refractivity (Wildman–Crippen MR) is 105 cm³/mol. The Morgan fingerprint density at radius 1 is 1.23 bits per heavy atom. The molecule has 30 heavy (non-hydrogen) atoms. The molecular formula is C19H21F2N7O2. The number of nitrogens with zero attached hydrogens (tertiary/aromatic N) is 4. The first kappa shape index (κ1) is 18.8. The number of nitrogens with one attached hydrogen (secondary N) is 3. The summed E-state index contributed by atoms with van der Waals surface area (Å²) in [5.74, 6) is -1.26. The number of amides is 3. The number of halogens is 2. The van der Waals surface area contributed by atoms with E-state index in [-0.39, 0.29) is 31.6 Å². The molecule has 3 N–H and O–H groups in total. The second-order valence-electron chi connectivity index (χ2n) is 7.97. The van der Waals surface area contributed by atoms with E-state index >= 15 is 0 Å². The van der Waals surface area contributed by atoms with Crippen molar-refractivity contribution in [2.75, 3.05) is 29.9 Å². The molecule has 0 spiro atoms. The van der Waals surface area contributed by atoms with Gasteiger partial charge in [-0.05, 0) is 24.8 Å². The number of carbonyl (C=O) groups excluding carboxylic acids is 2. The Kier molecular flexibility index (Phi) is 4.33. The molecule has 1 aliphatic carbocycles. The number of hydrogen-bond acceptors (Lipinski definition) is 6. The molecule has 4 heterocycles. The van der Waals surface area contributed by atoms with Crippen molar-refractivity contribution >= 4 is 35.3 Å². The summed E-state index contributed by atoms with van der Waals surface area (Å²) in [6, 6.07) is 1.24. The number of aromatic nitrogens is 3. The van der Waals surface area contributed by atoms with E-state index in [4.69, 9.17) is 0 Å². The standard InChI is InChI=1S/C19H21F2N7O2/c20-19(21)3-5-27(6-4-19)15-8-14(22-9-11-1-2-11)28-16(25-15)12(10-23-28)7-13-17(29)26-18(30)24-13/h7-8,10-11,22H,1-6,9H2,(H2,24,26,29,30)/b13-7-. The Morgan fingerprint density at radius 3 is 2.67 bits per heavy atom. The zero-order chi connectivity index (χ0) is 20.9. The summed E-state index contributed by atoms with van der Waals surface area (Å²) in [6.45, 7) is 1.22. The van der Waals surface area contributed by atoms with Crippen molar-refractivity contribution < 1.29 is 18.4 Å². The Balaban J connectivity index is 1.52. The molecule has 3 amide bonds. The van der Waals surface area contributed by atoms with Gasteiger partial charge in [-0.3, -0.25) is 10.1 Å². The van der Waals surface area contributed by atoms with Crippen molar-refractivity contribution in [2.45, 2.75) is 31.6 Å². The van der Waals surface area contributed by atoms with Crippen LogP contribution in [0.1, 0.15) is 31.2 Å². The molecule has 158 valence electrons. The van der Waals surface area contributed by atoms with Gasteiger partial charge >= 0.3 is 6.03 Å². The second-order valence-corrected chi connectivity index (χ2v) is 7.97. The molecule has 2 aromatic rings. The number of urea groups is 1. The van der Waals surface area contributed by atoms with Crippen LogP contribution in [0, 0.1) is 5.92 Å². The summed E-state index contributed by atoms with van der Waals surface area (Å²) in [7, 11) is 0. The number of hydrogen-bond donors (Lipinski definition) is 3. The average molecular weight is 417 g/mol. The van der Waals surface area contributed by atoms with Crippen LogP contribution >= 0.6 is 0 Å². The van der Waals surface area contributed by atoms with Gasteiger partial charge in [0.05, 0.1) is 6.20 Å². The van der Waals surface area contributed by atoms with Crippen molar-refractivity contribution in [3.8, 4) is 0 Å². The zero-order valence-electron chi connectivity index (χ0n) is 16.1. The zero-order valence-corrected chi connectivity index (χ0v) is 16.1. The molecule has 0 atom stereocenters. The predicted octanol–water partition coefficient (Wildman–Crippen LogP) is 1.97. The molecule has 2 aromatic heterocycles. The largest absolute Gasteiger partial charge is 0.370 e. The number of alkyl halides is 2. The minimum Gasteiger partial charge on any atom is -0.370 e. The van der Waals surface area contributed by atoms with Gasteiger partial charge in [0.1, 0.15) is 17.3 Å². The third-order valence-corrected chi connectivity index (χ3v) is 5.59. The lowest BCUT2D eigenvalue weighted by molar-refractivity contribution is -0.115. The monoisotopic (exact) mass is 417 g/mol. The molecule has 5 rings (SSSR count).